The monoisotopic (exact) mass is 324 g/mol. The molecule has 0 unspecified atom stereocenters. The van der Waals surface area contributed by atoms with Crippen LogP contribution in [0, 0.1) is 0 Å². The minimum atomic E-state index is -0.235. The number of unbranched alkanes of at least 4 members (excludes halogenated alkanes) is 3. The van der Waals surface area contributed by atoms with E-state index in [1.54, 1.807) is 0 Å². The molecule has 0 fully saturated rings. The van der Waals surface area contributed by atoms with E-state index in [4.69, 9.17) is 4.74 Å². The lowest BCUT2D eigenvalue weighted by Gasteiger charge is -2.07. The maximum Gasteiger partial charge on any atom is 0.338 e. The second-order valence-corrected chi connectivity index (χ2v) is 6.22. The van der Waals surface area contributed by atoms with Crippen LogP contribution in [0.1, 0.15) is 61.9 Å². The van der Waals surface area contributed by atoms with Crippen molar-refractivity contribution in [3.05, 3.63) is 59.7 Å². The first-order chi connectivity index (χ1) is 11.7. The smallest absolute Gasteiger partial charge is 0.338 e. The Morgan fingerprint density at radius 1 is 0.792 bits per heavy atom. The minimum Gasteiger partial charge on any atom is -0.462 e. The first kappa shape index (κ1) is 18.3. The number of carbonyl (C=O) groups is 1. The van der Waals surface area contributed by atoms with Gasteiger partial charge in [-0.1, -0.05) is 69.5 Å². The van der Waals surface area contributed by atoms with Gasteiger partial charge in [0, 0.05) is 0 Å². The Balaban J connectivity index is 1.96. The topological polar surface area (TPSA) is 26.3 Å². The van der Waals surface area contributed by atoms with Crippen molar-refractivity contribution in [2.75, 3.05) is 6.61 Å². The van der Waals surface area contributed by atoms with Crippen LogP contribution in [0.5, 0.6) is 0 Å². The van der Waals surface area contributed by atoms with Crippen molar-refractivity contribution >= 4 is 5.97 Å². The highest BCUT2D eigenvalue weighted by molar-refractivity contribution is 5.90. The lowest BCUT2D eigenvalue weighted by atomic mass is 10.0. The summed E-state index contributed by atoms with van der Waals surface area (Å²) in [4.78, 5) is 11.9. The molecule has 128 valence electrons. The predicted octanol–water partition coefficient (Wildman–Crippen LogP) is 6.04. The van der Waals surface area contributed by atoms with Crippen LogP contribution in [0.3, 0.4) is 0 Å². The Kier molecular flexibility index (Phi) is 7.54. The molecule has 0 atom stereocenters. The molecule has 0 amide bonds. The van der Waals surface area contributed by atoms with Crippen LogP contribution in [0.15, 0.2) is 48.5 Å². The second-order valence-electron chi connectivity index (χ2n) is 6.22. The molecule has 0 aliphatic carbocycles. The third-order valence-electron chi connectivity index (χ3n) is 4.21. The second kappa shape index (κ2) is 9.92. The summed E-state index contributed by atoms with van der Waals surface area (Å²) in [5, 5.41) is 0. The average molecular weight is 324 g/mol. The van der Waals surface area contributed by atoms with E-state index in [9.17, 15) is 4.79 Å². The van der Waals surface area contributed by atoms with Crippen LogP contribution in [-0.4, -0.2) is 12.6 Å². The first-order valence-electron chi connectivity index (χ1n) is 9.11. The number of ether oxygens (including phenoxy) is 1. The third-order valence-corrected chi connectivity index (χ3v) is 4.21. The van der Waals surface area contributed by atoms with Crippen LogP contribution >= 0.6 is 0 Å². The average Bonchev–Trinajstić information content (AvgIpc) is 2.63. The SMILES string of the molecule is CCCCCc1ccc(-c2ccc(C(=O)OCCCC)cc2)cc1. The van der Waals surface area contributed by atoms with Crippen LogP contribution < -0.4 is 0 Å². The molecule has 2 aromatic carbocycles. The zero-order valence-electron chi connectivity index (χ0n) is 14.9. The van der Waals surface area contributed by atoms with Crippen molar-refractivity contribution in [3.8, 4) is 11.1 Å². The fraction of sp³-hybridized carbons (Fsp3) is 0.409. The molecule has 24 heavy (non-hydrogen) atoms. The molecule has 0 N–H and O–H groups in total. The summed E-state index contributed by atoms with van der Waals surface area (Å²) in [6.07, 6.45) is 6.89. The summed E-state index contributed by atoms with van der Waals surface area (Å²) in [6.45, 7) is 4.81. The zero-order chi connectivity index (χ0) is 17.2. The van der Waals surface area contributed by atoms with Crippen molar-refractivity contribution in [1.82, 2.24) is 0 Å². The summed E-state index contributed by atoms with van der Waals surface area (Å²) in [5.41, 5.74) is 4.31. The normalized spacial score (nSPS) is 10.6. The van der Waals surface area contributed by atoms with Gasteiger partial charge in [0.1, 0.15) is 0 Å². The van der Waals surface area contributed by atoms with Crippen LogP contribution in [0.25, 0.3) is 11.1 Å². The summed E-state index contributed by atoms with van der Waals surface area (Å²) in [6, 6.07) is 16.4. The molecule has 0 saturated carbocycles. The summed E-state index contributed by atoms with van der Waals surface area (Å²) < 4.78 is 5.24. The van der Waals surface area contributed by atoms with Crippen molar-refractivity contribution in [1.29, 1.82) is 0 Å². The Morgan fingerprint density at radius 3 is 1.96 bits per heavy atom. The molecule has 2 heteroatoms. The fourth-order valence-corrected chi connectivity index (χ4v) is 2.63. The van der Waals surface area contributed by atoms with E-state index in [1.807, 2.05) is 24.3 Å². The largest absolute Gasteiger partial charge is 0.462 e. The van der Waals surface area contributed by atoms with E-state index < -0.39 is 0 Å². The highest BCUT2D eigenvalue weighted by atomic mass is 16.5. The number of carbonyl (C=O) groups excluding carboxylic acids is 1. The first-order valence-corrected chi connectivity index (χ1v) is 9.11. The Morgan fingerprint density at radius 2 is 1.38 bits per heavy atom. The molecule has 0 spiro atoms. The van der Waals surface area contributed by atoms with Crippen LogP contribution in [0.4, 0.5) is 0 Å². The zero-order valence-corrected chi connectivity index (χ0v) is 14.9. The van der Waals surface area contributed by atoms with Gasteiger partial charge in [-0.3, -0.25) is 0 Å². The van der Waals surface area contributed by atoms with E-state index in [0.717, 1.165) is 24.8 Å². The van der Waals surface area contributed by atoms with Gasteiger partial charge in [-0.2, -0.15) is 0 Å². The predicted molar refractivity (Wildman–Crippen MR) is 100 cm³/mol. The molecule has 2 rings (SSSR count). The highest BCUT2D eigenvalue weighted by Crippen LogP contribution is 2.21. The molecule has 0 aromatic heterocycles. The molecular weight excluding hydrogens is 296 g/mol. The van der Waals surface area contributed by atoms with Gasteiger partial charge in [0.15, 0.2) is 0 Å². The third kappa shape index (κ3) is 5.52. The van der Waals surface area contributed by atoms with E-state index in [1.165, 1.54) is 30.4 Å². The maximum atomic E-state index is 11.9. The minimum absolute atomic E-state index is 0.235. The molecule has 0 heterocycles. The number of esters is 1. The van der Waals surface area contributed by atoms with Crippen LogP contribution in [0.2, 0.25) is 0 Å². The van der Waals surface area contributed by atoms with Crippen LogP contribution in [-0.2, 0) is 11.2 Å². The van der Waals surface area contributed by atoms with E-state index in [0.29, 0.717) is 12.2 Å². The molecule has 0 radical (unpaired) electrons. The molecule has 0 saturated heterocycles. The van der Waals surface area contributed by atoms with Crippen molar-refractivity contribution in [3.63, 3.8) is 0 Å². The van der Waals surface area contributed by atoms with E-state index >= 15 is 0 Å². The maximum absolute atomic E-state index is 11.9. The standard InChI is InChI=1S/C22H28O2/c1-3-5-7-8-18-9-11-19(12-10-18)20-13-15-21(16-14-20)22(23)24-17-6-4-2/h9-16H,3-8,17H2,1-2H3. The van der Waals surface area contributed by atoms with E-state index in [2.05, 4.69) is 38.1 Å². The Bertz CT molecular complexity index is 611. The van der Waals surface area contributed by atoms with Gasteiger partial charge in [-0.15, -0.1) is 0 Å². The highest BCUT2D eigenvalue weighted by Gasteiger charge is 2.07. The molecule has 0 aliphatic rings. The summed E-state index contributed by atoms with van der Waals surface area (Å²) in [5.74, 6) is -0.235. The van der Waals surface area contributed by atoms with Gasteiger partial charge in [0.25, 0.3) is 0 Å². The van der Waals surface area contributed by atoms with E-state index in [-0.39, 0.29) is 5.97 Å². The van der Waals surface area contributed by atoms with Gasteiger partial charge in [-0.05, 0) is 48.1 Å². The quantitative estimate of drug-likeness (QED) is 0.415. The van der Waals surface area contributed by atoms with Crippen molar-refractivity contribution < 1.29 is 9.53 Å². The molecular formula is C22H28O2. The lowest BCUT2D eigenvalue weighted by Crippen LogP contribution is -2.06. The molecule has 0 aliphatic heterocycles. The fourth-order valence-electron chi connectivity index (χ4n) is 2.63. The molecule has 0 bridgehead atoms. The lowest BCUT2D eigenvalue weighted by molar-refractivity contribution is 0.0500. The van der Waals surface area contributed by atoms with Gasteiger partial charge < -0.3 is 4.74 Å². The van der Waals surface area contributed by atoms with Gasteiger partial charge in [-0.25, -0.2) is 4.79 Å². The Hall–Kier alpha value is -2.09. The van der Waals surface area contributed by atoms with Gasteiger partial charge in [0.05, 0.1) is 12.2 Å². The number of hydrogen-bond acceptors (Lipinski definition) is 2. The Labute approximate surface area is 145 Å². The number of hydrogen-bond donors (Lipinski definition) is 0. The summed E-state index contributed by atoms with van der Waals surface area (Å²) in [7, 11) is 0. The number of benzene rings is 2. The molecule has 2 aromatic rings. The summed E-state index contributed by atoms with van der Waals surface area (Å²) >= 11 is 0. The number of rotatable bonds is 9. The van der Waals surface area contributed by atoms with Gasteiger partial charge in [0.2, 0.25) is 0 Å². The number of aryl methyl sites for hydroxylation is 1. The van der Waals surface area contributed by atoms with Gasteiger partial charge >= 0.3 is 5.97 Å². The van der Waals surface area contributed by atoms with Crippen molar-refractivity contribution in [2.45, 2.75) is 52.4 Å². The van der Waals surface area contributed by atoms with Crippen molar-refractivity contribution in [2.24, 2.45) is 0 Å². The molecule has 2 nitrogen and oxygen atoms in total.